The fourth-order valence-electron chi connectivity index (χ4n) is 4.24. The molecular formula is C25H29N3O3S. The minimum Gasteiger partial charge on any atom is -0.326 e. The molecule has 3 aromatic rings. The molecule has 0 aromatic heterocycles. The van der Waals surface area contributed by atoms with Gasteiger partial charge >= 0.3 is 0 Å². The molecule has 0 atom stereocenters. The Balaban J connectivity index is 1.35. The molecule has 0 spiro atoms. The highest BCUT2D eigenvalue weighted by Crippen LogP contribution is 2.25. The second-order valence-electron chi connectivity index (χ2n) is 8.46. The third-order valence-corrected chi connectivity index (χ3v) is 7.41. The van der Waals surface area contributed by atoms with Gasteiger partial charge in [-0.2, -0.15) is 0 Å². The predicted octanol–water partition coefficient (Wildman–Crippen LogP) is 4.09. The van der Waals surface area contributed by atoms with Gasteiger partial charge in [0.05, 0.1) is 11.9 Å². The molecule has 4 rings (SSSR count). The Bertz CT molecular complexity index is 1210. The van der Waals surface area contributed by atoms with E-state index < -0.39 is 10.0 Å². The van der Waals surface area contributed by atoms with Crippen molar-refractivity contribution in [2.24, 2.45) is 5.92 Å². The van der Waals surface area contributed by atoms with Gasteiger partial charge in [0.25, 0.3) is 0 Å². The first-order valence-electron chi connectivity index (χ1n) is 10.8. The smallest absolute Gasteiger partial charge is 0.231 e. The lowest BCUT2D eigenvalue weighted by molar-refractivity contribution is -0.121. The van der Waals surface area contributed by atoms with Crippen LogP contribution in [0, 0.1) is 5.92 Å². The summed E-state index contributed by atoms with van der Waals surface area (Å²) in [6, 6.07) is 21.8. The number of piperidine rings is 1. The number of rotatable bonds is 6. The summed E-state index contributed by atoms with van der Waals surface area (Å²) in [5.41, 5.74) is 2.45. The number of carbonyl (C=O) groups is 1. The standard InChI is InChI=1S/C25H29N3O3S/c1-27(32(2,30)31)23-11-6-10-22(17-23)26-25(29)20-13-15-28(16-14-20)18-21-9-5-8-19-7-3-4-12-24(19)21/h3-12,17,20H,13-16,18H2,1-2H3,(H,26,29). The van der Waals surface area contributed by atoms with Gasteiger partial charge < -0.3 is 5.32 Å². The lowest BCUT2D eigenvalue weighted by Crippen LogP contribution is -2.37. The third kappa shape index (κ3) is 5.11. The highest BCUT2D eigenvalue weighted by atomic mass is 32.2. The molecule has 0 radical (unpaired) electrons. The highest BCUT2D eigenvalue weighted by molar-refractivity contribution is 7.92. The summed E-state index contributed by atoms with van der Waals surface area (Å²) in [5.74, 6) is -0.0518. The number of amides is 1. The van der Waals surface area contributed by atoms with Gasteiger partial charge in [0.2, 0.25) is 15.9 Å². The van der Waals surface area contributed by atoms with Crippen LogP contribution in [0.25, 0.3) is 10.8 Å². The Labute approximate surface area is 189 Å². The first-order valence-corrected chi connectivity index (χ1v) is 12.7. The average Bonchev–Trinajstić information content (AvgIpc) is 2.79. The van der Waals surface area contributed by atoms with Crippen LogP contribution in [0.2, 0.25) is 0 Å². The fraction of sp³-hybridized carbons (Fsp3) is 0.320. The number of hydrogen-bond acceptors (Lipinski definition) is 4. The topological polar surface area (TPSA) is 69.7 Å². The second kappa shape index (κ2) is 9.30. The Morgan fingerprint density at radius 3 is 2.47 bits per heavy atom. The molecule has 1 heterocycles. The van der Waals surface area contributed by atoms with Gasteiger partial charge in [0, 0.05) is 25.2 Å². The molecule has 3 aromatic carbocycles. The molecule has 0 unspecified atom stereocenters. The molecule has 0 aliphatic carbocycles. The van der Waals surface area contributed by atoms with Crippen LogP contribution in [0.3, 0.4) is 0 Å². The summed E-state index contributed by atoms with van der Waals surface area (Å²) in [6.07, 6.45) is 2.77. The first kappa shape index (κ1) is 22.3. The van der Waals surface area contributed by atoms with E-state index in [1.807, 2.05) is 0 Å². The Morgan fingerprint density at radius 1 is 1.03 bits per heavy atom. The first-order chi connectivity index (χ1) is 15.3. The monoisotopic (exact) mass is 451 g/mol. The third-order valence-electron chi connectivity index (χ3n) is 6.21. The summed E-state index contributed by atoms with van der Waals surface area (Å²) in [6.45, 7) is 2.63. The molecule has 1 N–H and O–H groups in total. The molecule has 0 saturated carbocycles. The van der Waals surface area contributed by atoms with E-state index in [1.165, 1.54) is 27.7 Å². The second-order valence-corrected chi connectivity index (χ2v) is 10.5. The van der Waals surface area contributed by atoms with Gasteiger partial charge in [0.15, 0.2) is 0 Å². The predicted molar refractivity (Wildman–Crippen MR) is 130 cm³/mol. The number of carbonyl (C=O) groups excluding carboxylic acids is 1. The minimum absolute atomic E-state index is 0.00558. The molecule has 1 amide bonds. The molecule has 168 valence electrons. The van der Waals surface area contributed by atoms with Crippen molar-refractivity contribution in [2.75, 3.05) is 36.0 Å². The molecule has 1 aliphatic rings. The van der Waals surface area contributed by atoms with Crippen LogP contribution in [0.1, 0.15) is 18.4 Å². The molecule has 7 heteroatoms. The summed E-state index contributed by atoms with van der Waals surface area (Å²) >= 11 is 0. The number of anilines is 2. The van der Waals surface area contributed by atoms with Crippen molar-refractivity contribution in [1.82, 2.24) is 4.90 Å². The van der Waals surface area contributed by atoms with E-state index in [0.717, 1.165) is 38.7 Å². The van der Waals surface area contributed by atoms with Crippen molar-refractivity contribution >= 4 is 38.1 Å². The van der Waals surface area contributed by atoms with Crippen LogP contribution < -0.4 is 9.62 Å². The summed E-state index contributed by atoms with van der Waals surface area (Å²) in [4.78, 5) is 15.2. The van der Waals surface area contributed by atoms with E-state index in [4.69, 9.17) is 0 Å². The van der Waals surface area contributed by atoms with Crippen LogP contribution in [0.15, 0.2) is 66.7 Å². The van der Waals surface area contributed by atoms with Crippen molar-refractivity contribution < 1.29 is 13.2 Å². The van der Waals surface area contributed by atoms with E-state index in [1.54, 1.807) is 24.3 Å². The number of nitrogens with zero attached hydrogens (tertiary/aromatic N) is 2. The quantitative estimate of drug-likeness (QED) is 0.613. The summed E-state index contributed by atoms with van der Waals surface area (Å²) in [5, 5.41) is 5.51. The fourth-order valence-corrected chi connectivity index (χ4v) is 4.74. The van der Waals surface area contributed by atoms with Gasteiger partial charge in [-0.25, -0.2) is 8.42 Å². The van der Waals surface area contributed by atoms with Gasteiger partial charge in [-0.15, -0.1) is 0 Å². The van der Waals surface area contributed by atoms with Crippen molar-refractivity contribution in [3.05, 3.63) is 72.3 Å². The van der Waals surface area contributed by atoms with Gasteiger partial charge in [-0.3, -0.25) is 14.0 Å². The molecular weight excluding hydrogens is 422 g/mol. The van der Waals surface area contributed by atoms with Crippen molar-refractivity contribution in [1.29, 1.82) is 0 Å². The zero-order chi connectivity index (χ0) is 22.7. The lowest BCUT2D eigenvalue weighted by atomic mass is 9.95. The minimum atomic E-state index is -3.35. The zero-order valence-electron chi connectivity index (χ0n) is 18.5. The number of hydrogen-bond donors (Lipinski definition) is 1. The molecule has 1 aliphatic heterocycles. The Hall–Kier alpha value is -2.90. The Morgan fingerprint density at radius 2 is 1.72 bits per heavy atom. The van der Waals surface area contributed by atoms with Crippen LogP contribution in [-0.2, 0) is 21.4 Å². The molecule has 0 bridgehead atoms. The maximum Gasteiger partial charge on any atom is 0.231 e. The normalized spacial score (nSPS) is 15.6. The molecule has 32 heavy (non-hydrogen) atoms. The van der Waals surface area contributed by atoms with Gasteiger partial charge in [-0.1, -0.05) is 48.5 Å². The van der Waals surface area contributed by atoms with Gasteiger partial charge in [-0.05, 0) is 60.5 Å². The number of nitrogens with one attached hydrogen (secondary N) is 1. The SMILES string of the molecule is CN(c1cccc(NC(=O)C2CCN(Cc3cccc4ccccc34)CC2)c1)S(C)(=O)=O. The van der Waals surface area contributed by atoms with Crippen molar-refractivity contribution in [3.63, 3.8) is 0 Å². The zero-order valence-corrected chi connectivity index (χ0v) is 19.3. The molecule has 1 saturated heterocycles. The van der Waals surface area contributed by atoms with Crippen LogP contribution in [0.4, 0.5) is 11.4 Å². The van der Waals surface area contributed by atoms with Crippen LogP contribution >= 0.6 is 0 Å². The number of benzene rings is 3. The number of likely N-dealkylation sites (tertiary alicyclic amines) is 1. The maximum absolute atomic E-state index is 12.8. The van der Waals surface area contributed by atoms with E-state index in [2.05, 4.69) is 52.7 Å². The van der Waals surface area contributed by atoms with Crippen LogP contribution in [-0.4, -0.2) is 45.6 Å². The van der Waals surface area contributed by atoms with E-state index in [9.17, 15) is 13.2 Å². The Kier molecular flexibility index (Phi) is 6.48. The largest absolute Gasteiger partial charge is 0.326 e. The van der Waals surface area contributed by atoms with Crippen molar-refractivity contribution in [3.8, 4) is 0 Å². The van der Waals surface area contributed by atoms with E-state index in [-0.39, 0.29) is 11.8 Å². The van der Waals surface area contributed by atoms with E-state index in [0.29, 0.717) is 11.4 Å². The molecule has 1 fully saturated rings. The average molecular weight is 452 g/mol. The maximum atomic E-state index is 12.8. The number of fused-ring (bicyclic) bond motifs is 1. The lowest BCUT2D eigenvalue weighted by Gasteiger charge is -2.31. The van der Waals surface area contributed by atoms with Gasteiger partial charge in [0.1, 0.15) is 0 Å². The summed E-state index contributed by atoms with van der Waals surface area (Å²) in [7, 11) is -1.85. The number of sulfonamides is 1. The highest BCUT2D eigenvalue weighted by Gasteiger charge is 2.25. The van der Waals surface area contributed by atoms with E-state index >= 15 is 0 Å². The molecule has 6 nitrogen and oxygen atoms in total. The van der Waals surface area contributed by atoms with Crippen LogP contribution in [0.5, 0.6) is 0 Å². The summed E-state index contributed by atoms with van der Waals surface area (Å²) < 4.78 is 24.8. The van der Waals surface area contributed by atoms with Crippen molar-refractivity contribution in [2.45, 2.75) is 19.4 Å².